The molecule has 0 aromatic rings. The number of cyclic esters (lactones) is 1. The van der Waals surface area contributed by atoms with Crippen molar-refractivity contribution in [1.29, 1.82) is 0 Å². The summed E-state index contributed by atoms with van der Waals surface area (Å²) in [5.41, 5.74) is -0.587. The topological polar surface area (TPSA) is 61.8 Å². The molecule has 0 N–H and O–H groups in total. The summed E-state index contributed by atoms with van der Waals surface area (Å²) in [6.45, 7) is 14.9. The molecule has 128 valence electrons. The van der Waals surface area contributed by atoms with E-state index in [9.17, 15) is 9.59 Å². The van der Waals surface area contributed by atoms with Gasteiger partial charge in [0.1, 0.15) is 18.1 Å². The summed E-state index contributed by atoms with van der Waals surface area (Å²) in [4.78, 5) is 24.4. The molecular formula is C17H26O5Si. The minimum atomic E-state index is -2.14. The Morgan fingerprint density at radius 2 is 1.87 bits per heavy atom. The Morgan fingerprint density at radius 3 is 2.43 bits per heavy atom. The van der Waals surface area contributed by atoms with Crippen LogP contribution in [0.25, 0.3) is 0 Å². The quantitative estimate of drug-likeness (QED) is 0.572. The van der Waals surface area contributed by atoms with Crippen molar-refractivity contribution in [2.45, 2.75) is 65.0 Å². The predicted octanol–water partition coefficient (Wildman–Crippen LogP) is 2.81. The highest BCUT2D eigenvalue weighted by atomic mass is 28.4. The van der Waals surface area contributed by atoms with E-state index in [1.54, 1.807) is 0 Å². The van der Waals surface area contributed by atoms with Gasteiger partial charge in [-0.1, -0.05) is 27.7 Å². The number of ether oxygens (including phenoxy) is 2. The molecule has 3 aliphatic rings. The van der Waals surface area contributed by atoms with Crippen LogP contribution >= 0.6 is 0 Å². The van der Waals surface area contributed by atoms with Gasteiger partial charge in [-0.05, 0) is 25.1 Å². The summed E-state index contributed by atoms with van der Waals surface area (Å²) in [6.07, 6.45) is 0.631. The molecule has 0 radical (unpaired) electrons. The summed E-state index contributed by atoms with van der Waals surface area (Å²) in [5.74, 6) is -0.605. The molecule has 3 rings (SSSR count). The molecular weight excluding hydrogens is 312 g/mol. The molecule has 2 fully saturated rings. The number of hydrogen-bond donors (Lipinski definition) is 0. The van der Waals surface area contributed by atoms with Crippen LogP contribution in [0.2, 0.25) is 18.1 Å². The van der Waals surface area contributed by atoms with Crippen LogP contribution in [0.4, 0.5) is 0 Å². The lowest BCUT2D eigenvalue weighted by molar-refractivity contribution is -0.152. The smallest absolute Gasteiger partial charge is 0.331 e. The van der Waals surface area contributed by atoms with Gasteiger partial charge in [0.25, 0.3) is 0 Å². The van der Waals surface area contributed by atoms with Gasteiger partial charge in [0.15, 0.2) is 8.32 Å². The van der Waals surface area contributed by atoms with Crippen molar-refractivity contribution >= 4 is 20.3 Å². The normalized spacial score (nSPS) is 39.7. The SMILES string of the molecule is CC(C)(C)[Si](C)(C)O[C@H]1C2=CC(=O)O[C@@H]2[C@]2(C)COC(=O)[C@]12C. The summed E-state index contributed by atoms with van der Waals surface area (Å²) in [6, 6.07) is 0. The molecule has 4 atom stereocenters. The van der Waals surface area contributed by atoms with Crippen molar-refractivity contribution < 1.29 is 23.5 Å². The molecule has 23 heavy (non-hydrogen) atoms. The van der Waals surface area contributed by atoms with Crippen LogP contribution in [0, 0.1) is 10.8 Å². The third kappa shape index (κ3) is 1.94. The maximum atomic E-state index is 12.6. The highest BCUT2D eigenvalue weighted by Crippen LogP contribution is 2.63. The highest BCUT2D eigenvalue weighted by Gasteiger charge is 2.74. The van der Waals surface area contributed by atoms with Crippen LogP contribution in [-0.4, -0.2) is 39.1 Å². The molecule has 0 aromatic carbocycles. The number of carbonyl (C=O) groups excluding carboxylic acids is 2. The molecule has 1 saturated heterocycles. The predicted molar refractivity (Wildman–Crippen MR) is 87.2 cm³/mol. The Labute approximate surface area is 138 Å². The third-order valence-electron chi connectivity index (χ3n) is 6.56. The fourth-order valence-corrected chi connectivity index (χ4v) is 4.95. The molecule has 0 amide bonds. The van der Waals surface area contributed by atoms with Crippen molar-refractivity contribution in [3.8, 4) is 0 Å². The van der Waals surface area contributed by atoms with E-state index in [0.29, 0.717) is 0 Å². The Kier molecular flexibility index (Phi) is 3.25. The fraction of sp³-hybridized carbons (Fsp3) is 0.765. The molecule has 2 aliphatic heterocycles. The van der Waals surface area contributed by atoms with E-state index in [4.69, 9.17) is 13.9 Å². The summed E-state index contributed by atoms with van der Waals surface area (Å²) in [7, 11) is -2.14. The van der Waals surface area contributed by atoms with Gasteiger partial charge >= 0.3 is 11.9 Å². The second kappa shape index (κ2) is 4.48. The molecule has 1 aliphatic carbocycles. The summed E-state index contributed by atoms with van der Waals surface area (Å²) >= 11 is 0. The first kappa shape index (κ1) is 16.7. The van der Waals surface area contributed by atoms with Crippen molar-refractivity contribution in [2.75, 3.05) is 6.61 Å². The minimum absolute atomic E-state index is 0.00435. The molecule has 5 nitrogen and oxygen atoms in total. The Morgan fingerprint density at radius 1 is 1.26 bits per heavy atom. The van der Waals surface area contributed by atoms with E-state index in [1.165, 1.54) is 6.08 Å². The van der Waals surface area contributed by atoms with Gasteiger partial charge in [-0.2, -0.15) is 0 Å². The van der Waals surface area contributed by atoms with Crippen LogP contribution in [0.5, 0.6) is 0 Å². The van der Waals surface area contributed by atoms with Crippen molar-refractivity contribution in [2.24, 2.45) is 10.8 Å². The van der Waals surface area contributed by atoms with Crippen molar-refractivity contribution in [3.63, 3.8) is 0 Å². The minimum Gasteiger partial charge on any atom is -0.464 e. The number of carbonyl (C=O) groups is 2. The lowest BCUT2D eigenvalue weighted by atomic mass is 9.68. The van der Waals surface area contributed by atoms with Crippen molar-refractivity contribution in [3.05, 3.63) is 11.6 Å². The van der Waals surface area contributed by atoms with Gasteiger partial charge in [0.05, 0.1) is 11.5 Å². The van der Waals surface area contributed by atoms with Crippen LogP contribution in [-0.2, 0) is 23.5 Å². The fourth-order valence-electron chi connectivity index (χ4n) is 3.63. The van der Waals surface area contributed by atoms with Gasteiger partial charge in [0.2, 0.25) is 0 Å². The number of fused-ring (bicyclic) bond motifs is 3. The van der Waals surface area contributed by atoms with E-state index in [-0.39, 0.29) is 23.6 Å². The molecule has 2 heterocycles. The Bertz CT molecular complexity index is 617. The molecule has 1 saturated carbocycles. The van der Waals surface area contributed by atoms with Gasteiger partial charge in [-0.25, -0.2) is 4.79 Å². The number of rotatable bonds is 2. The van der Waals surface area contributed by atoms with Crippen LogP contribution < -0.4 is 0 Å². The second-order valence-electron chi connectivity index (χ2n) is 8.92. The van der Waals surface area contributed by atoms with Crippen LogP contribution in [0.3, 0.4) is 0 Å². The average molecular weight is 338 g/mol. The summed E-state index contributed by atoms with van der Waals surface area (Å²) < 4.78 is 17.5. The van der Waals surface area contributed by atoms with Gasteiger partial charge < -0.3 is 13.9 Å². The monoisotopic (exact) mass is 338 g/mol. The first-order chi connectivity index (χ1) is 10.3. The Hall–Kier alpha value is -1.14. The molecule has 0 spiro atoms. The van der Waals surface area contributed by atoms with E-state index < -0.39 is 31.4 Å². The Balaban J connectivity index is 2.09. The molecule has 0 aromatic heterocycles. The zero-order valence-electron chi connectivity index (χ0n) is 15.0. The third-order valence-corrected chi connectivity index (χ3v) is 11.0. The zero-order valence-corrected chi connectivity index (χ0v) is 16.0. The average Bonchev–Trinajstić information content (AvgIpc) is 2.94. The van der Waals surface area contributed by atoms with E-state index in [0.717, 1.165) is 5.57 Å². The largest absolute Gasteiger partial charge is 0.464 e. The number of hydrogen-bond acceptors (Lipinski definition) is 5. The summed E-state index contributed by atoms with van der Waals surface area (Å²) in [5, 5.41) is 0.00435. The first-order valence-corrected chi connectivity index (χ1v) is 11.0. The maximum Gasteiger partial charge on any atom is 0.331 e. The first-order valence-electron chi connectivity index (χ1n) is 8.12. The van der Waals surface area contributed by atoms with Crippen LogP contribution in [0.1, 0.15) is 34.6 Å². The van der Waals surface area contributed by atoms with Gasteiger partial charge in [-0.3, -0.25) is 4.79 Å². The van der Waals surface area contributed by atoms with E-state index in [1.807, 2.05) is 13.8 Å². The van der Waals surface area contributed by atoms with Crippen LogP contribution in [0.15, 0.2) is 11.6 Å². The van der Waals surface area contributed by atoms with E-state index in [2.05, 4.69) is 33.9 Å². The van der Waals surface area contributed by atoms with Gasteiger partial charge in [0, 0.05) is 11.6 Å². The molecule has 6 heteroatoms. The second-order valence-corrected chi connectivity index (χ2v) is 13.7. The number of esters is 2. The van der Waals surface area contributed by atoms with E-state index >= 15 is 0 Å². The standard InChI is InChI=1S/C17H26O5Si/c1-15(2,3)23(6,7)22-13-10-8-11(18)21-12(10)16(4)9-20-14(19)17(13,16)5/h8,12-13H,9H2,1-7H3/t12-,13-,16-,17-/m0/s1. The highest BCUT2D eigenvalue weighted by molar-refractivity contribution is 6.74. The zero-order chi connectivity index (χ0) is 17.4. The molecule has 0 unspecified atom stereocenters. The van der Waals surface area contributed by atoms with Crippen molar-refractivity contribution in [1.82, 2.24) is 0 Å². The lowest BCUT2D eigenvalue weighted by Crippen LogP contribution is -2.51. The van der Waals surface area contributed by atoms with Gasteiger partial charge in [-0.15, -0.1) is 0 Å². The maximum absolute atomic E-state index is 12.6. The lowest BCUT2D eigenvalue weighted by Gasteiger charge is -2.42. The molecule has 0 bridgehead atoms.